The second-order valence-electron chi connectivity index (χ2n) is 4.74. The highest BCUT2D eigenvalue weighted by molar-refractivity contribution is 4.95. The summed E-state index contributed by atoms with van der Waals surface area (Å²) < 4.78 is 0. The van der Waals surface area contributed by atoms with Crippen LogP contribution in [0, 0.1) is 0 Å². The van der Waals surface area contributed by atoms with Crippen LogP contribution in [-0.2, 0) is 0 Å². The fourth-order valence-electron chi connectivity index (χ4n) is 2.20. The summed E-state index contributed by atoms with van der Waals surface area (Å²) in [5.74, 6) is 0. The van der Waals surface area contributed by atoms with Crippen LogP contribution in [0.3, 0.4) is 0 Å². The lowest BCUT2D eigenvalue weighted by atomic mass is 10.1. The molecule has 0 aromatic heterocycles. The first-order chi connectivity index (χ1) is 7.75. The third-order valence-corrected chi connectivity index (χ3v) is 3.20. The van der Waals surface area contributed by atoms with E-state index in [2.05, 4.69) is 23.3 Å². The van der Waals surface area contributed by atoms with Gasteiger partial charge in [0, 0.05) is 12.4 Å². The van der Waals surface area contributed by atoms with E-state index in [9.17, 15) is 0 Å². The van der Waals surface area contributed by atoms with Gasteiger partial charge < -0.3 is 16.0 Å². The molecular weight excluding hydrogens is 198 g/mol. The fraction of sp³-hybridized carbons (Fsp3) is 0.846. The maximum Gasteiger partial charge on any atom is 0.0995 e. The van der Waals surface area contributed by atoms with Gasteiger partial charge in [0.25, 0.3) is 0 Å². The van der Waals surface area contributed by atoms with Crippen LogP contribution >= 0.6 is 0 Å². The van der Waals surface area contributed by atoms with Crippen molar-refractivity contribution in [2.75, 3.05) is 0 Å². The quantitative estimate of drug-likeness (QED) is 0.624. The fourth-order valence-corrected chi connectivity index (χ4v) is 2.20. The van der Waals surface area contributed by atoms with Crippen molar-refractivity contribution in [2.24, 2.45) is 5.73 Å². The number of nitrogens with zero attached hydrogens (tertiary/aromatic N) is 1. The highest BCUT2D eigenvalue weighted by Gasteiger charge is 2.20. The Labute approximate surface area is 100 Å². The number of nitrogens with two attached hydrogens (primary N) is 1. The first kappa shape index (κ1) is 13.4. The van der Waals surface area contributed by atoms with Crippen LogP contribution in [-0.4, -0.2) is 17.2 Å². The molecule has 3 heteroatoms. The molecule has 0 saturated carbocycles. The van der Waals surface area contributed by atoms with Crippen LogP contribution in [0.15, 0.2) is 12.4 Å². The zero-order chi connectivity index (χ0) is 11.8. The lowest BCUT2D eigenvalue weighted by Gasteiger charge is -2.28. The summed E-state index contributed by atoms with van der Waals surface area (Å²) in [5, 5.41) is 3.36. The van der Waals surface area contributed by atoms with Crippen molar-refractivity contribution in [3.8, 4) is 0 Å². The van der Waals surface area contributed by atoms with Gasteiger partial charge in [-0.2, -0.15) is 0 Å². The number of hydrogen-bond donors (Lipinski definition) is 2. The molecule has 1 heterocycles. The summed E-state index contributed by atoms with van der Waals surface area (Å²) in [7, 11) is 0. The van der Waals surface area contributed by atoms with Crippen molar-refractivity contribution in [1.82, 2.24) is 10.2 Å². The van der Waals surface area contributed by atoms with Gasteiger partial charge >= 0.3 is 0 Å². The topological polar surface area (TPSA) is 41.3 Å². The molecule has 0 radical (unpaired) electrons. The zero-order valence-electron chi connectivity index (χ0n) is 10.8. The largest absolute Gasteiger partial charge is 0.370 e. The molecular formula is C13H27N3. The molecule has 94 valence electrons. The van der Waals surface area contributed by atoms with E-state index in [1.54, 1.807) is 0 Å². The van der Waals surface area contributed by atoms with Gasteiger partial charge in [-0.25, -0.2) is 0 Å². The summed E-state index contributed by atoms with van der Waals surface area (Å²) >= 11 is 0. The van der Waals surface area contributed by atoms with Crippen molar-refractivity contribution in [1.29, 1.82) is 0 Å². The molecule has 3 nitrogen and oxygen atoms in total. The normalized spacial score (nSPS) is 21.2. The van der Waals surface area contributed by atoms with Gasteiger partial charge in [-0.05, 0) is 19.8 Å². The molecule has 0 bridgehead atoms. The number of hydrogen-bond acceptors (Lipinski definition) is 3. The van der Waals surface area contributed by atoms with Crippen molar-refractivity contribution in [3.63, 3.8) is 0 Å². The Balaban J connectivity index is 2.04. The smallest absolute Gasteiger partial charge is 0.0995 e. The molecule has 0 fully saturated rings. The first-order valence-corrected chi connectivity index (χ1v) is 6.71. The lowest BCUT2D eigenvalue weighted by Crippen LogP contribution is -2.44. The second-order valence-corrected chi connectivity index (χ2v) is 4.74. The molecule has 0 amide bonds. The molecule has 1 rings (SSSR count). The first-order valence-electron chi connectivity index (χ1n) is 6.71. The van der Waals surface area contributed by atoms with E-state index < -0.39 is 0 Å². The molecule has 0 spiro atoms. The highest BCUT2D eigenvalue weighted by atomic mass is 15.3. The molecule has 0 saturated heterocycles. The third-order valence-electron chi connectivity index (χ3n) is 3.20. The Bertz CT molecular complexity index is 201. The van der Waals surface area contributed by atoms with Gasteiger partial charge in [0.05, 0.1) is 12.3 Å². The number of nitrogens with one attached hydrogen (secondary N) is 1. The Morgan fingerprint density at radius 3 is 2.62 bits per heavy atom. The van der Waals surface area contributed by atoms with E-state index in [0.29, 0.717) is 6.17 Å². The maximum atomic E-state index is 5.89. The molecule has 1 aliphatic rings. The van der Waals surface area contributed by atoms with Crippen LogP contribution in [0.4, 0.5) is 0 Å². The van der Waals surface area contributed by atoms with Gasteiger partial charge in [0.2, 0.25) is 0 Å². The maximum absolute atomic E-state index is 5.89. The summed E-state index contributed by atoms with van der Waals surface area (Å²) in [6, 6.07) is 0. The molecule has 0 aliphatic carbocycles. The Morgan fingerprint density at radius 2 is 1.94 bits per heavy atom. The van der Waals surface area contributed by atoms with Gasteiger partial charge in [-0.3, -0.25) is 0 Å². The van der Waals surface area contributed by atoms with Crippen LogP contribution in [0.2, 0.25) is 0 Å². The van der Waals surface area contributed by atoms with Crippen LogP contribution < -0.4 is 11.1 Å². The standard InChI is InChI=1S/C13H27N3/c1-3-4-5-6-7-8-9-13-15-10-11-16(13)12(2)14/h10-13,15H,3-9,14H2,1-2H3. The third kappa shape index (κ3) is 4.44. The zero-order valence-corrected chi connectivity index (χ0v) is 10.8. The monoisotopic (exact) mass is 225 g/mol. The predicted octanol–water partition coefficient (Wildman–Crippen LogP) is 2.74. The molecule has 1 aliphatic heterocycles. The average Bonchev–Trinajstić information content (AvgIpc) is 2.71. The molecule has 2 atom stereocenters. The van der Waals surface area contributed by atoms with Crippen molar-refractivity contribution in [3.05, 3.63) is 12.4 Å². The second kappa shape index (κ2) is 7.55. The Kier molecular flexibility index (Phi) is 6.31. The molecule has 0 aromatic carbocycles. The van der Waals surface area contributed by atoms with Gasteiger partial charge in [0.1, 0.15) is 0 Å². The van der Waals surface area contributed by atoms with Crippen LogP contribution in [0.25, 0.3) is 0 Å². The van der Waals surface area contributed by atoms with E-state index >= 15 is 0 Å². The SMILES string of the molecule is CCCCCCCCC1NC=CN1C(C)N. The average molecular weight is 225 g/mol. The minimum atomic E-state index is 0.108. The van der Waals surface area contributed by atoms with Gasteiger partial charge in [-0.1, -0.05) is 39.0 Å². The Morgan fingerprint density at radius 1 is 1.25 bits per heavy atom. The van der Waals surface area contributed by atoms with Gasteiger partial charge in [0.15, 0.2) is 0 Å². The van der Waals surface area contributed by atoms with E-state index in [0.717, 1.165) is 0 Å². The van der Waals surface area contributed by atoms with Gasteiger partial charge in [-0.15, -0.1) is 0 Å². The predicted molar refractivity (Wildman–Crippen MR) is 69.5 cm³/mol. The molecule has 3 N–H and O–H groups in total. The van der Waals surface area contributed by atoms with E-state index in [1.165, 1.54) is 44.9 Å². The molecule has 16 heavy (non-hydrogen) atoms. The van der Waals surface area contributed by atoms with Crippen molar-refractivity contribution < 1.29 is 0 Å². The van der Waals surface area contributed by atoms with Crippen molar-refractivity contribution >= 4 is 0 Å². The summed E-state index contributed by atoms with van der Waals surface area (Å²) in [5.41, 5.74) is 5.89. The van der Waals surface area contributed by atoms with E-state index in [4.69, 9.17) is 5.73 Å². The number of unbranched alkanes of at least 4 members (excludes halogenated alkanes) is 5. The number of rotatable bonds is 8. The summed E-state index contributed by atoms with van der Waals surface area (Å²) in [6.45, 7) is 4.29. The minimum Gasteiger partial charge on any atom is -0.370 e. The molecule has 2 unspecified atom stereocenters. The van der Waals surface area contributed by atoms with E-state index in [1.807, 2.05) is 13.1 Å². The summed E-state index contributed by atoms with van der Waals surface area (Å²) in [6.07, 6.45) is 13.9. The van der Waals surface area contributed by atoms with Crippen LogP contribution in [0.5, 0.6) is 0 Å². The Hall–Kier alpha value is -0.700. The minimum absolute atomic E-state index is 0.108. The summed E-state index contributed by atoms with van der Waals surface area (Å²) in [4.78, 5) is 2.20. The van der Waals surface area contributed by atoms with E-state index in [-0.39, 0.29) is 6.17 Å². The highest BCUT2D eigenvalue weighted by Crippen LogP contribution is 2.15. The molecule has 0 aromatic rings. The van der Waals surface area contributed by atoms with Crippen molar-refractivity contribution in [2.45, 2.75) is 71.1 Å². The van der Waals surface area contributed by atoms with Crippen LogP contribution in [0.1, 0.15) is 58.8 Å². The lowest BCUT2D eigenvalue weighted by molar-refractivity contribution is 0.208.